The number of rotatable bonds is 4. The molecule has 0 bridgehead atoms. The molecule has 2 aromatic rings. The van der Waals surface area contributed by atoms with Crippen molar-refractivity contribution in [2.75, 3.05) is 0 Å². The summed E-state index contributed by atoms with van der Waals surface area (Å²) in [4.78, 5) is 10.6. The lowest BCUT2D eigenvalue weighted by molar-refractivity contribution is 0.0689. The molecule has 0 aliphatic carbocycles. The minimum absolute atomic E-state index is 0.0582. The van der Waals surface area contributed by atoms with E-state index in [9.17, 15) is 4.79 Å². The van der Waals surface area contributed by atoms with Gasteiger partial charge >= 0.3 is 5.97 Å². The Labute approximate surface area is 92.1 Å². The topological polar surface area (TPSA) is 72.9 Å². The Morgan fingerprint density at radius 2 is 2.31 bits per heavy atom. The molecule has 1 N–H and O–H groups in total. The van der Waals surface area contributed by atoms with Crippen LogP contribution in [0.3, 0.4) is 0 Å². The zero-order valence-corrected chi connectivity index (χ0v) is 8.87. The van der Waals surface area contributed by atoms with E-state index in [1.165, 1.54) is 6.07 Å². The van der Waals surface area contributed by atoms with Gasteiger partial charge in [0.05, 0.1) is 12.7 Å². The summed E-state index contributed by atoms with van der Waals surface area (Å²) in [5, 5.41) is 16.8. The molecule has 0 aliphatic heterocycles. The highest BCUT2D eigenvalue weighted by Crippen LogP contribution is 2.02. The summed E-state index contributed by atoms with van der Waals surface area (Å²) in [5.41, 5.74) is 1.06. The molecule has 0 saturated carbocycles. The van der Waals surface area contributed by atoms with Gasteiger partial charge in [0.25, 0.3) is 0 Å². The van der Waals surface area contributed by atoms with Crippen LogP contribution in [0.4, 0.5) is 0 Å². The van der Waals surface area contributed by atoms with Crippen molar-refractivity contribution in [3.8, 4) is 0 Å². The zero-order valence-electron chi connectivity index (χ0n) is 8.87. The molecule has 0 fully saturated rings. The highest BCUT2D eigenvalue weighted by Gasteiger charge is 2.07. The van der Waals surface area contributed by atoms with Crippen molar-refractivity contribution in [3.05, 3.63) is 35.9 Å². The fourth-order valence-corrected chi connectivity index (χ4v) is 1.41. The summed E-state index contributed by atoms with van der Waals surface area (Å²) in [6.45, 7) is 3.36. The van der Waals surface area contributed by atoms with E-state index in [1.54, 1.807) is 17.1 Å². The van der Waals surface area contributed by atoms with Gasteiger partial charge < -0.3 is 5.11 Å². The number of aromatic nitrogens is 4. The van der Waals surface area contributed by atoms with Crippen LogP contribution < -0.4 is 0 Å². The first kappa shape index (κ1) is 10.4. The minimum Gasteiger partial charge on any atom is -0.476 e. The summed E-state index contributed by atoms with van der Waals surface area (Å²) in [5.74, 6) is -1.01. The summed E-state index contributed by atoms with van der Waals surface area (Å²) >= 11 is 0. The summed E-state index contributed by atoms with van der Waals surface area (Å²) in [7, 11) is 0. The Morgan fingerprint density at radius 1 is 1.50 bits per heavy atom. The van der Waals surface area contributed by atoms with Crippen molar-refractivity contribution in [1.29, 1.82) is 0 Å². The van der Waals surface area contributed by atoms with Gasteiger partial charge in [-0.2, -0.15) is 10.2 Å². The van der Waals surface area contributed by atoms with E-state index >= 15 is 0 Å². The third-order valence-corrected chi connectivity index (χ3v) is 2.22. The van der Waals surface area contributed by atoms with Crippen molar-refractivity contribution in [2.24, 2.45) is 0 Å². The predicted molar refractivity (Wildman–Crippen MR) is 56.2 cm³/mol. The summed E-state index contributed by atoms with van der Waals surface area (Å²) in [6.07, 6.45) is 5.32. The molecular formula is C10H12N4O2. The number of nitrogens with zero attached hydrogens (tertiary/aromatic N) is 4. The monoisotopic (exact) mass is 220 g/mol. The van der Waals surface area contributed by atoms with Gasteiger partial charge in [-0.15, -0.1) is 0 Å². The first-order valence-corrected chi connectivity index (χ1v) is 4.97. The molecule has 0 amide bonds. The Morgan fingerprint density at radius 3 is 2.88 bits per heavy atom. The second-order valence-corrected chi connectivity index (χ2v) is 3.41. The first-order chi connectivity index (χ1) is 7.69. The van der Waals surface area contributed by atoms with E-state index < -0.39 is 5.97 Å². The Kier molecular flexibility index (Phi) is 2.72. The number of hydrogen-bond donors (Lipinski definition) is 1. The summed E-state index contributed by atoms with van der Waals surface area (Å²) in [6, 6.07) is 1.48. The van der Waals surface area contributed by atoms with Crippen LogP contribution in [0.5, 0.6) is 0 Å². The highest BCUT2D eigenvalue weighted by molar-refractivity contribution is 5.85. The van der Waals surface area contributed by atoms with E-state index in [0.29, 0.717) is 6.54 Å². The molecule has 2 rings (SSSR count). The van der Waals surface area contributed by atoms with Crippen molar-refractivity contribution < 1.29 is 9.90 Å². The van der Waals surface area contributed by atoms with Gasteiger partial charge in [-0.1, -0.05) is 0 Å². The normalized spacial score (nSPS) is 10.6. The quantitative estimate of drug-likeness (QED) is 0.828. The Hall–Kier alpha value is -2.11. The minimum atomic E-state index is -1.01. The fourth-order valence-electron chi connectivity index (χ4n) is 1.41. The third kappa shape index (κ3) is 2.10. The van der Waals surface area contributed by atoms with Gasteiger partial charge in [0.1, 0.15) is 0 Å². The third-order valence-electron chi connectivity index (χ3n) is 2.22. The van der Waals surface area contributed by atoms with Crippen molar-refractivity contribution in [2.45, 2.75) is 20.0 Å². The molecule has 0 atom stereocenters. The molecular weight excluding hydrogens is 208 g/mol. The smallest absolute Gasteiger partial charge is 0.356 e. The van der Waals surface area contributed by atoms with Gasteiger partial charge in [-0.05, 0) is 13.0 Å². The van der Waals surface area contributed by atoms with Crippen molar-refractivity contribution in [3.63, 3.8) is 0 Å². The first-order valence-electron chi connectivity index (χ1n) is 4.97. The largest absolute Gasteiger partial charge is 0.476 e. The van der Waals surface area contributed by atoms with Crippen LogP contribution in [-0.2, 0) is 13.1 Å². The number of carboxylic acids is 1. The van der Waals surface area contributed by atoms with Crippen LogP contribution >= 0.6 is 0 Å². The van der Waals surface area contributed by atoms with Gasteiger partial charge in [0.15, 0.2) is 5.69 Å². The standard InChI is InChI=1S/C10H12N4O2/c1-2-13-6-8(5-11-13)7-14-4-3-9(12-14)10(15)16/h3-6H,2,7H2,1H3,(H,15,16). The maximum Gasteiger partial charge on any atom is 0.356 e. The molecule has 0 aliphatic rings. The van der Waals surface area contributed by atoms with E-state index in [0.717, 1.165) is 12.1 Å². The fraction of sp³-hybridized carbons (Fsp3) is 0.300. The van der Waals surface area contributed by atoms with Crippen LogP contribution in [0, 0.1) is 0 Å². The number of aryl methyl sites for hydroxylation is 1. The molecule has 0 radical (unpaired) electrons. The van der Waals surface area contributed by atoms with Crippen LogP contribution in [0.2, 0.25) is 0 Å². The molecule has 0 unspecified atom stereocenters. The van der Waals surface area contributed by atoms with E-state index in [1.807, 2.05) is 17.8 Å². The molecule has 84 valence electrons. The van der Waals surface area contributed by atoms with Gasteiger partial charge in [-0.25, -0.2) is 4.79 Å². The second kappa shape index (κ2) is 4.18. The molecule has 16 heavy (non-hydrogen) atoms. The number of hydrogen-bond acceptors (Lipinski definition) is 3. The summed E-state index contributed by atoms with van der Waals surface area (Å²) < 4.78 is 3.40. The lowest BCUT2D eigenvalue weighted by Crippen LogP contribution is -2.03. The maximum atomic E-state index is 10.6. The molecule has 6 heteroatoms. The highest BCUT2D eigenvalue weighted by atomic mass is 16.4. The van der Waals surface area contributed by atoms with Crippen LogP contribution in [-0.4, -0.2) is 30.6 Å². The second-order valence-electron chi connectivity index (χ2n) is 3.41. The average molecular weight is 220 g/mol. The van der Waals surface area contributed by atoms with E-state index in [4.69, 9.17) is 5.11 Å². The lowest BCUT2D eigenvalue weighted by Gasteiger charge is -1.97. The Balaban J connectivity index is 2.11. The average Bonchev–Trinajstić information content (AvgIpc) is 2.87. The predicted octanol–water partition coefficient (Wildman–Crippen LogP) is 0.846. The molecule has 2 heterocycles. The molecule has 2 aromatic heterocycles. The number of carboxylic acid groups (broad SMARTS) is 1. The SMILES string of the molecule is CCn1cc(Cn2ccc(C(=O)O)n2)cn1. The zero-order chi connectivity index (χ0) is 11.5. The molecule has 0 spiro atoms. The van der Waals surface area contributed by atoms with Crippen LogP contribution in [0.1, 0.15) is 23.0 Å². The molecule has 6 nitrogen and oxygen atoms in total. The van der Waals surface area contributed by atoms with Crippen LogP contribution in [0.25, 0.3) is 0 Å². The maximum absolute atomic E-state index is 10.6. The van der Waals surface area contributed by atoms with Gasteiger partial charge in [0.2, 0.25) is 0 Å². The van der Waals surface area contributed by atoms with E-state index in [-0.39, 0.29) is 5.69 Å². The van der Waals surface area contributed by atoms with Crippen molar-refractivity contribution in [1.82, 2.24) is 19.6 Å². The van der Waals surface area contributed by atoms with Gasteiger partial charge in [-0.3, -0.25) is 9.36 Å². The lowest BCUT2D eigenvalue weighted by atomic mass is 10.4. The molecule has 0 aromatic carbocycles. The van der Waals surface area contributed by atoms with Crippen molar-refractivity contribution >= 4 is 5.97 Å². The van der Waals surface area contributed by atoms with E-state index in [2.05, 4.69) is 10.2 Å². The Bertz CT molecular complexity index is 500. The van der Waals surface area contributed by atoms with Gasteiger partial charge in [0, 0.05) is 24.5 Å². The number of aromatic carboxylic acids is 1. The molecule has 0 saturated heterocycles. The number of carbonyl (C=O) groups is 1. The van der Waals surface area contributed by atoms with Crippen LogP contribution in [0.15, 0.2) is 24.7 Å².